The van der Waals surface area contributed by atoms with Crippen molar-refractivity contribution in [2.24, 2.45) is 0 Å². The van der Waals surface area contributed by atoms with Crippen LogP contribution in [0.15, 0.2) is 24.3 Å². The number of rotatable bonds is 7. The van der Waals surface area contributed by atoms with E-state index in [1.807, 2.05) is 12.1 Å². The smallest absolute Gasteiger partial charge is 0.118 e. The fourth-order valence-electron chi connectivity index (χ4n) is 1.34. The van der Waals surface area contributed by atoms with Crippen molar-refractivity contribution >= 4 is 22.6 Å². The van der Waals surface area contributed by atoms with E-state index in [2.05, 4.69) is 40.0 Å². The Morgan fingerprint density at radius 3 is 2.53 bits per heavy atom. The molecule has 15 heavy (non-hydrogen) atoms. The summed E-state index contributed by atoms with van der Waals surface area (Å²) in [5, 5.41) is 3.43. The van der Waals surface area contributed by atoms with Crippen molar-refractivity contribution in [3.05, 3.63) is 29.8 Å². The quantitative estimate of drug-likeness (QED) is 0.474. The van der Waals surface area contributed by atoms with Crippen molar-refractivity contribution in [2.45, 2.75) is 12.8 Å². The molecule has 0 spiro atoms. The zero-order valence-corrected chi connectivity index (χ0v) is 11.3. The molecule has 0 aromatic heterocycles. The number of hydrogen-bond acceptors (Lipinski definition) is 2. The van der Waals surface area contributed by atoms with E-state index in [1.54, 1.807) is 7.11 Å². The van der Waals surface area contributed by atoms with E-state index in [9.17, 15) is 0 Å². The number of alkyl halides is 1. The predicted molar refractivity (Wildman–Crippen MR) is 73.1 cm³/mol. The topological polar surface area (TPSA) is 21.3 Å². The number of hydrogen-bond donors (Lipinski definition) is 1. The summed E-state index contributed by atoms with van der Waals surface area (Å²) in [5.74, 6) is 0.927. The SMILES string of the molecule is COc1ccc(CCNCCCI)cc1. The fraction of sp³-hybridized carbons (Fsp3) is 0.500. The van der Waals surface area contributed by atoms with E-state index in [-0.39, 0.29) is 0 Å². The maximum Gasteiger partial charge on any atom is 0.118 e. The normalized spacial score (nSPS) is 10.3. The molecular formula is C12H18INO. The third-order valence-electron chi connectivity index (χ3n) is 2.24. The van der Waals surface area contributed by atoms with Crippen LogP contribution in [-0.2, 0) is 6.42 Å². The van der Waals surface area contributed by atoms with E-state index < -0.39 is 0 Å². The minimum Gasteiger partial charge on any atom is -0.497 e. The van der Waals surface area contributed by atoms with Crippen molar-refractivity contribution in [3.8, 4) is 5.75 Å². The molecule has 0 aliphatic heterocycles. The molecule has 0 amide bonds. The number of ether oxygens (including phenoxy) is 1. The van der Waals surface area contributed by atoms with Gasteiger partial charge in [-0.25, -0.2) is 0 Å². The lowest BCUT2D eigenvalue weighted by Gasteiger charge is -2.04. The number of methoxy groups -OCH3 is 1. The molecule has 0 heterocycles. The Hall–Kier alpha value is -0.290. The highest BCUT2D eigenvalue weighted by atomic mass is 127. The van der Waals surface area contributed by atoms with E-state index in [4.69, 9.17) is 4.74 Å². The largest absolute Gasteiger partial charge is 0.497 e. The van der Waals surface area contributed by atoms with Crippen LogP contribution in [0.2, 0.25) is 0 Å². The zero-order valence-electron chi connectivity index (χ0n) is 9.13. The van der Waals surface area contributed by atoms with Crippen LogP contribution < -0.4 is 10.1 Å². The molecule has 1 aromatic rings. The summed E-state index contributed by atoms with van der Waals surface area (Å²) in [7, 11) is 1.70. The van der Waals surface area contributed by atoms with Crippen molar-refractivity contribution < 1.29 is 4.74 Å². The first-order chi connectivity index (χ1) is 7.36. The predicted octanol–water partition coefficient (Wildman–Crippen LogP) is 2.65. The molecule has 0 aliphatic carbocycles. The number of nitrogens with one attached hydrogen (secondary N) is 1. The summed E-state index contributed by atoms with van der Waals surface area (Å²) in [5.41, 5.74) is 1.36. The van der Waals surface area contributed by atoms with Gasteiger partial charge >= 0.3 is 0 Å². The highest BCUT2D eigenvalue weighted by Gasteiger charge is 1.94. The first kappa shape index (κ1) is 12.8. The molecule has 3 heteroatoms. The van der Waals surface area contributed by atoms with E-state index in [0.717, 1.165) is 25.3 Å². The van der Waals surface area contributed by atoms with Crippen molar-refractivity contribution in [3.63, 3.8) is 0 Å². The second kappa shape index (κ2) is 7.93. The maximum atomic E-state index is 5.11. The molecule has 0 saturated carbocycles. The average Bonchev–Trinajstić information content (AvgIpc) is 2.30. The average molecular weight is 319 g/mol. The van der Waals surface area contributed by atoms with Crippen molar-refractivity contribution in [1.82, 2.24) is 5.32 Å². The summed E-state index contributed by atoms with van der Waals surface area (Å²) >= 11 is 2.40. The van der Waals surface area contributed by atoms with Gasteiger partial charge in [0.05, 0.1) is 7.11 Å². The third kappa shape index (κ3) is 5.37. The van der Waals surface area contributed by atoms with Crippen LogP contribution in [-0.4, -0.2) is 24.6 Å². The Morgan fingerprint density at radius 1 is 1.20 bits per heavy atom. The van der Waals surface area contributed by atoms with Gasteiger partial charge in [0.25, 0.3) is 0 Å². The maximum absolute atomic E-state index is 5.11. The van der Waals surface area contributed by atoms with Crippen LogP contribution in [0.1, 0.15) is 12.0 Å². The van der Waals surface area contributed by atoms with E-state index in [1.165, 1.54) is 16.4 Å². The standard InChI is InChI=1S/C12H18INO/c1-15-12-5-3-11(4-6-12)7-10-14-9-2-8-13/h3-6,14H,2,7-10H2,1H3. The Morgan fingerprint density at radius 2 is 1.93 bits per heavy atom. The molecule has 0 saturated heterocycles. The second-order valence-corrected chi connectivity index (χ2v) is 4.47. The van der Waals surface area contributed by atoms with Gasteiger partial charge in [-0.2, -0.15) is 0 Å². The Bertz CT molecular complexity index is 261. The number of halogens is 1. The lowest BCUT2D eigenvalue weighted by atomic mass is 10.1. The van der Waals surface area contributed by atoms with Gasteiger partial charge in [-0.05, 0) is 43.6 Å². The van der Waals surface area contributed by atoms with Crippen LogP contribution >= 0.6 is 22.6 Å². The van der Waals surface area contributed by atoms with Gasteiger partial charge in [-0.15, -0.1) is 0 Å². The monoisotopic (exact) mass is 319 g/mol. The molecule has 0 atom stereocenters. The molecule has 2 nitrogen and oxygen atoms in total. The first-order valence-electron chi connectivity index (χ1n) is 5.26. The molecule has 0 aliphatic rings. The lowest BCUT2D eigenvalue weighted by molar-refractivity contribution is 0.414. The van der Waals surface area contributed by atoms with Crippen LogP contribution in [0.5, 0.6) is 5.75 Å². The van der Waals surface area contributed by atoms with Gasteiger partial charge in [0.15, 0.2) is 0 Å². The molecule has 0 fully saturated rings. The van der Waals surface area contributed by atoms with E-state index >= 15 is 0 Å². The van der Waals surface area contributed by atoms with Gasteiger partial charge in [-0.3, -0.25) is 0 Å². The minimum absolute atomic E-state index is 0.927. The highest BCUT2D eigenvalue weighted by Crippen LogP contribution is 2.11. The molecule has 0 radical (unpaired) electrons. The van der Waals surface area contributed by atoms with Crippen LogP contribution in [0.4, 0.5) is 0 Å². The zero-order chi connectivity index (χ0) is 10.9. The lowest BCUT2D eigenvalue weighted by Crippen LogP contribution is -2.18. The summed E-state index contributed by atoms with van der Waals surface area (Å²) < 4.78 is 6.34. The summed E-state index contributed by atoms with van der Waals surface area (Å²) in [4.78, 5) is 0. The highest BCUT2D eigenvalue weighted by molar-refractivity contribution is 14.1. The molecule has 1 aromatic carbocycles. The fourth-order valence-corrected chi connectivity index (χ4v) is 1.72. The van der Waals surface area contributed by atoms with Crippen LogP contribution in [0.3, 0.4) is 0 Å². The van der Waals surface area contributed by atoms with E-state index in [0.29, 0.717) is 0 Å². The molecule has 84 valence electrons. The summed E-state index contributed by atoms with van der Waals surface area (Å²) in [6.07, 6.45) is 2.34. The Balaban J connectivity index is 2.20. The Kier molecular flexibility index (Phi) is 6.76. The van der Waals surface area contributed by atoms with Gasteiger partial charge < -0.3 is 10.1 Å². The molecular weight excluding hydrogens is 301 g/mol. The number of benzene rings is 1. The Labute approximate surface area is 106 Å². The van der Waals surface area contributed by atoms with Gasteiger partial charge in [0.2, 0.25) is 0 Å². The van der Waals surface area contributed by atoms with Crippen molar-refractivity contribution in [1.29, 1.82) is 0 Å². The van der Waals surface area contributed by atoms with Crippen LogP contribution in [0, 0.1) is 0 Å². The minimum atomic E-state index is 0.927. The molecule has 0 bridgehead atoms. The molecule has 1 N–H and O–H groups in total. The van der Waals surface area contributed by atoms with Gasteiger partial charge in [-0.1, -0.05) is 34.7 Å². The van der Waals surface area contributed by atoms with Crippen molar-refractivity contribution in [2.75, 3.05) is 24.6 Å². The van der Waals surface area contributed by atoms with Gasteiger partial charge in [0, 0.05) is 4.43 Å². The summed E-state index contributed by atoms with van der Waals surface area (Å²) in [6.45, 7) is 2.18. The molecule has 1 rings (SSSR count). The molecule has 0 unspecified atom stereocenters. The summed E-state index contributed by atoms with van der Waals surface area (Å²) in [6, 6.07) is 8.28. The van der Waals surface area contributed by atoms with Crippen LogP contribution in [0.25, 0.3) is 0 Å². The second-order valence-electron chi connectivity index (χ2n) is 3.39. The van der Waals surface area contributed by atoms with Gasteiger partial charge in [0.1, 0.15) is 5.75 Å². The first-order valence-corrected chi connectivity index (χ1v) is 6.79. The third-order valence-corrected chi connectivity index (χ3v) is 3.00.